The zero-order valence-corrected chi connectivity index (χ0v) is 21.1. The first-order valence-corrected chi connectivity index (χ1v) is 12.8. The SMILES string of the molecule is Cc1cc(C#Cc2csc(C)n2)cc(C(=O)NC(c2cc3ccccc3[nH]2)c2ncn3c2C[C@@H](F)C3)n1. The molecule has 0 saturated heterocycles. The van der Waals surface area contributed by atoms with Gasteiger partial charge < -0.3 is 14.9 Å². The van der Waals surface area contributed by atoms with Crippen LogP contribution in [0.2, 0.25) is 0 Å². The second kappa shape index (κ2) is 9.30. The van der Waals surface area contributed by atoms with E-state index in [1.807, 2.05) is 60.2 Å². The third kappa shape index (κ3) is 4.63. The number of fused-ring (bicyclic) bond motifs is 2. The van der Waals surface area contributed by atoms with Gasteiger partial charge in [0.05, 0.1) is 23.6 Å². The quantitative estimate of drug-likeness (QED) is 0.345. The van der Waals surface area contributed by atoms with E-state index in [1.54, 1.807) is 12.4 Å². The third-order valence-electron chi connectivity index (χ3n) is 6.34. The highest BCUT2D eigenvalue weighted by atomic mass is 32.1. The second-order valence-corrected chi connectivity index (χ2v) is 10.2. The molecule has 0 spiro atoms. The number of nitrogens with one attached hydrogen (secondary N) is 2. The maximum atomic E-state index is 14.2. The molecule has 7 nitrogen and oxygen atoms in total. The number of carbonyl (C=O) groups excluding carboxylic acids is 1. The number of imidazole rings is 1. The van der Waals surface area contributed by atoms with Crippen LogP contribution < -0.4 is 5.32 Å². The maximum absolute atomic E-state index is 14.2. The van der Waals surface area contributed by atoms with Crippen LogP contribution in [0.4, 0.5) is 4.39 Å². The fourth-order valence-corrected chi connectivity index (χ4v) is 5.24. The van der Waals surface area contributed by atoms with E-state index in [2.05, 4.69) is 37.1 Å². The van der Waals surface area contributed by atoms with Gasteiger partial charge in [0.2, 0.25) is 0 Å². The van der Waals surface area contributed by atoms with Crippen LogP contribution in [0.5, 0.6) is 0 Å². The Balaban J connectivity index is 1.35. The number of hydrogen-bond acceptors (Lipinski definition) is 5. The Bertz CT molecular complexity index is 1670. The van der Waals surface area contributed by atoms with Crippen molar-refractivity contribution in [2.24, 2.45) is 0 Å². The van der Waals surface area contributed by atoms with Gasteiger partial charge in [-0.25, -0.2) is 19.3 Å². The van der Waals surface area contributed by atoms with Crippen LogP contribution in [-0.4, -0.2) is 36.6 Å². The third-order valence-corrected chi connectivity index (χ3v) is 7.11. The Morgan fingerprint density at radius 1 is 1.22 bits per heavy atom. The zero-order chi connectivity index (χ0) is 25.5. The van der Waals surface area contributed by atoms with Crippen molar-refractivity contribution >= 4 is 28.1 Å². The number of thiazole rings is 1. The summed E-state index contributed by atoms with van der Waals surface area (Å²) in [5, 5.41) is 6.96. The molecule has 5 heterocycles. The van der Waals surface area contributed by atoms with Crippen molar-refractivity contribution < 1.29 is 9.18 Å². The number of para-hydroxylation sites is 1. The van der Waals surface area contributed by atoms with Gasteiger partial charge in [-0.05, 0) is 49.4 Å². The first kappa shape index (κ1) is 23.1. The van der Waals surface area contributed by atoms with Crippen molar-refractivity contribution in [1.29, 1.82) is 0 Å². The van der Waals surface area contributed by atoms with E-state index in [1.165, 1.54) is 11.3 Å². The predicted octanol–water partition coefficient (Wildman–Crippen LogP) is 4.65. The van der Waals surface area contributed by atoms with Crippen molar-refractivity contribution in [3.63, 3.8) is 0 Å². The van der Waals surface area contributed by atoms with Gasteiger partial charge in [0.25, 0.3) is 5.91 Å². The van der Waals surface area contributed by atoms with Crippen LogP contribution in [0.15, 0.2) is 54.2 Å². The first-order valence-electron chi connectivity index (χ1n) is 11.9. The van der Waals surface area contributed by atoms with Crippen molar-refractivity contribution in [1.82, 2.24) is 29.8 Å². The number of amides is 1. The number of aromatic nitrogens is 5. The second-order valence-electron chi connectivity index (χ2n) is 9.13. The van der Waals surface area contributed by atoms with Crippen LogP contribution in [0, 0.1) is 25.7 Å². The van der Waals surface area contributed by atoms with Gasteiger partial charge in [-0.2, -0.15) is 0 Å². The molecule has 9 heteroatoms. The minimum absolute atomic E-state index is 0.249. The average molecular weight is 511 g/mol. The number of aryl methyl sites for hydroxylation is 2. The molecule has 0 saturated carbocycles. The Morgan fingerprint density at radius 3 is 2.89 bits per heavy atom. The molecule has 1 amide bonds. The molecule has 1 unspecified atom stereocenters. The monoisotopic (exact) mass is 510 g/mol. The van der Waals surface area contributed by atoms with Crippen LogP contribution in [0.1, 0.15) is 55.6 Å². The molecule has 5 aromatic rings. The summed E-state index contributed by atoms with van der Waals surface area (Å²) in [7, 11) is 0. The number of carbonyl (C=O) groups is 1. The zero-order valence-electron chi connectivity index (χ0n) is 20.2. The molecule has 6 rings (SSSR count). The summed E-state index contributed by atoms with van der Waals surface area (Å²) in [5.41, 5.74) is 5.43. The maximum Gasteiger partial charge on any atom is 0.270 e. The van der Waals surface area contributed by atoms with Gasteiger partial charge in [-0.1, -0.05) is 24.1 Å². The predicted molar refractivity (Wildman–Crippen MR) is 140 cm³/mol. The first-order chi connectivity index (χ1) is 17.9. The molecule has 0 aliphatic carbocycles. The molecule has 37 heavy (non-hydrogen) atoms. The van der Waals surface area contributed by atoms with E-state index >= 15 is 0 Å². The lowest BCUT2D eigenvalue weighted by Crippen LogP contribution is -2.31. The molecular weight excluding hydrogens is 487 g/mol. The number of halogens is 1. The van der Waals surface area contributed by atoms with Crippen LogP contribution in [0.25, 0.3) is 10.9 Å². The van der Waals surface area contributed by atoms with E-state index in [9.17, 15) is 9.18 Å². The molecule has 4 aromatic heterocycles. The topological polar surface area (TPSA) is 88.5 Å². The summed E-state index contributed by atoms with van der Waals surface area (Å²) in [6.45, 7) is 4.03. The number of pyridine rings is 1. The summed E-state index contributed by atoms with van der Waals surface area (Å²) in [6, 6.07) is 12.8. The van der Waals surface area contributed by atoms with E-state index in [0.29, 0.717) is 22.6 Å². The number of aromatic amines is 1. The molecule has 1 aromatic carbocycles. The highest BCUT2D eigenvalue weighted by Gasteiger charge is 2.31. The Labute approximate surface area is 216 Å². The fourth-order valence-electron chi connectivity index (χ4n) is 4.70. The van der Waals surface area contributed by atoms with Crippen LogP contribution in [-0.2, 0) is 13.0 Å². The number of nitrogens with zero attached hydrogens (tertiary/aromatic N) is 4. The molecule has 2 atom stereocenters. The summed E-state index contributed by atoms with van der Waals surface area (Å²) >= 11 is 1.54. The average Bonchev–Trinajstić information content (AvgIpc) is 3.65. The molecule has 0 fully saturated rings. The molecule has 1 aliphatic rings. The van der Waals surface area contributed by atoms with Crippen molar-refractivity contribution in [3.05, 3.63) is 98.9 Å². The summed E-state index contributed by atoms with van der Waals surface area (Å²) in [6.07, 6.45) is 0.947. The minimum atomic E-state index is -0.961. The highest BCUT2D eigenvalue weighted by Crippen LogP contribution is 2.30. The molecular formula is C28H23FN6OS. The lowest BCUT2D eigenvalue weighted by Gasteiger charge is -2.17. The van der Waals surface area contributed by atoms with Gasteiger partial charge in [0.15, 0.2) is 0 Å². The van der Waals surface area contributed by atoms with E-state index in [0.717, 1.165) is 27.3 Å². The normalized spacial score (nSPS) is 15.3. The lowest BCUT2D eigenvalue weighted by molar-refractivity contribution is 0.0936. The van der Waals surface area contributed by atoms with E-state index in [4.69, 9.17) is 0 Å². The molecule has 1 aliphatic heterocycles. The van der Waals surface area contributed by atoms with Crippen LogP contribution >= 0.6 is 11.3 Å². The standard InChI is InChI=1S/C28H23FN6OS/c1-16-9-18(7-8-21-14-37-17(2)32-21)10-24(31-16)28(36)34-26(23-11-19-5-3-4-6-22(19)33-23)27-25-12-20(29)13-35(25)15-30-27/h3-6,9-11,14-15,20,26,33H,12-13H2,1-2H3,(H,34,36)/t20-,26?/m1/s1. The van der Waals surface area contributed by atoms with Gasteiger partial charge >= 0.3 is 0 Å². The number of benzene rings is 1. The summed E-state index contributed by atoms with van der Waals surface area (Å²) in [5.74, 6) is 5.77. The highest BCUT2D eigenvalue weighted by molar-refractivity contribution is 7.09. The van der Waals surface area contributed by atoms with Crippen LogP contribution in [0.3, 0.4) is 0 Å². The Kier molecular flexibility index (Phi) is 5.81. The molecule has 184 valence electrons. The Morgan fingerprint density at radius 2 is 2.08 bits per heavy atom. The fraction of sp³-hybridized carbons (Fsp3) is 0.214. The number of rotatable bonds is 4. The summed E-state index contributed by atoms with van der Waals surface area (Å²) in [4.78, 5) is 30.3. The molecule has 0 radical (unpaired) electrons. The van der Waals surface area contributed by atoms with Gasteiger partial charge in [-0.3, -0.25) is 4.79 Å². The van der Waals surface area contributed by atoms with Gasteiger partial charge in [-0.15, -0.1) is 11.3 Å². The number of alkyl halides is 1. The van der Waals surface area contributed by atoms with E-state index in [-0.39, 0.29) is 24.6 Å². The lowest BCUT2D eigenvalue weighted by atomic mass is 10.1. The smallest absolute Gasteiger partial charge is 0.270 e. The minimum Gasteiger partial charge on any atom is -0.356 e. The van der Waals surface area contributed by atoms with Gasteiger partial charge in [0, 0.05) is 40.0 Å². The largest absolute Gasteiger partial charge is 0.356 e. The van der Waals surface area contributed by atoms with E-state index < -0.39 is 12.2 Å². The van der Waals surface area contributed by atoms with Crippen molar-refractivity contribution in [2.45, 2.75) is 39.0 Å². The van der Waals surface area contributed by atoms with Crippen molar-refractivity contribution in [3.8, 4) is 11.8 Å². The molecule has 0 bridgehead atoms. The number of hydrogen-bond donors (Lipinski definition) is 2. The Hall–Kier alpha value is -4.29. The number of H-pyrrole nitrogens is 1. The molecule has 2 N–H and O–H groups in total. The summed E-state index contributed by atoms with van der Waals surface area (Å²) < 4.78 is 16.0. The van der Waals surface area contributed by atoms with Gasteiger partial charge in [0.1, 0.15) is 23.6 Å². The van der Waals surface area contributed by atoms with Crippen molar-refractivity contribution in [2.75, 3.05) is 0 Å².